The third-order valence-corrected chi connectivity index (χ3v) is 4.34. The van der Waals surface area contributed by atoms with Crippen LogP contribution in [0.3, 0.4) is 0 Å². The second-order valence-corrected chi connectivity index (χ2v) is 6.68. The lowest BCUT2D eigenvalue weighted by molar-refractivity contribution is 0.301. The van der Waals surface area contributed by atoms with Gasteiger partial charge in [0, 0.05) is 23.2 Å². The molecule has 0 heterocycles. The first-order chi connectivity index (χ1) is 11.0. The number of ether oxygens (including phenoxy) is 1. The molecule has 0 aliphatic carbocycles. The molecule has 0 unspecified atom stereocenters. The smallest absolute Gasteiger partial charge is 0.142 e. The Labute approximate surface area is 148 Å². The normalized spacial score (nSPS) is 12.2. The number of hydrogen-bond acceptors (Lipinski definition) is 2. The Kier molecular flexibility index (Phi) is 6.76. The van der Waals surface area contributed by atoms with Crippen molar-refractivity contribution >= 4 is 23.2 Å². The highest BCUT2D eigenvalue weighted by atomic mass is 35.5. The van der Waals surface area contributed by atoms with Gasteiger partial charge in [-0.3, -0.25) is 0 Å². The molecule has 0 spiro atoms. The quantitative estimate of drug-likeness (QED) is 0.683. The van der Waals surface area contributed by atoms with Crippen LogP contribution < -0.4 is 10.1 Å². The maximum Gasteiger partial charge on any atom is 0.142 e. The molecule has 0 saturated heterocycles. The van der Waals surface area contributed by atoms with Crippen molar-refractivity contribution in [1.29, 1.82) is 0 Å². The van der Waals surface area contributed by atoms with Gasteiger partial charge in [0.2, 0.25) is 0 Å². The van der Waals surface area contributed by atoms with Crippen LogP contribution in [0.1, 0.15) is 37.0 Å². The molecule has 0 aliphatic heterocycles. The van der Waals surface area contributed by atoms with Gasteiger partial charge in [-0.05, 0) is 38.0 Å². The highest BCUT2D eigenvalue weighted by molar-refractivity contribution is 6.35. The van der Waals surface area contributed by atoms with E-state index in [1.54, 1.807) is 6.07 Å². The topological polar surface area (TPSA) is 21.3 Å². The molecule has 0 aliphatic rings. The van der Waals surface area contributed by atoms with E-state index in [1.165, 1.54) is 5.56 Å². The number of benzene rings is 2. The van der Waals surface area contributed by atoms with Crippen LogP contribution in [0.25, 0.3) is 0 Å². The van der Waals surface area contributed by atoms with Gasteiger partial charge < -0.3 is 10.1 Å². The molecule has 2 nitrogen and oxygen atoms in total. The molecular formula is C19H23Cl2NO. The van der Waals surface area contributed by atoms with Crippen molar-refractivity contribution in [1.82, 2.24) is 5.32 Å². The molecule has 0 aromatic heterocycles. The Morgan fingerprint density at radius 1 is 1.13 bits per heavy atom. The van der Waals surface area contributed by atoms with E-state index in [0.29, 0.717) is 35.0 Å². The monoisotopic (exact) mass is 351 g/mol. The van der Waals surface area contributed by atoms with Crippen LogP contribution in [0.4, 0.5) is 0 Å². The molecule has 2 aromatic rings. The van der Waals surface area contributed by atoms with Crippen molar-refractivity contribution in [2.75, 3.05) is 0 Å². The summed E-state index contributed by atoms with van der Waals surface area (Å²) in [6.07, 6.45) is 1.06. The highest BCUT2D eigenvalue weighted by Gasteiger charge is 2.12. The third kappa shape index (κ3) is 5.42. The molecule has 0 saturated carbocycles. The first-order valence-corrected chi connectivity index (χ1v) is 8.64. The molecule has 0 radical (unpaired) electrons. The Balaban J connectivity index is 2.13. The second kappa shape index (κ2) is 8.58. The largest absolute Gasteiger partial charge is 0.487 e. The van der Waals surface area contributed by atoms with Crippen LogP contribution in [-0.4, -0.2) is 6.04 Å². The van der Waals surface area contributed by atoms with E-state index in [-0.39, 0.29) is 0 Å². The summed E-state index contributed by atoms with van der Waals surface area (Å²) in [7, 11) is 0. The van der Waals surface area contributed by atoms with E-state index in [1.807, 2.05) is 6.07 Å². The second-order valence-electron chi connectivity index (χ2n) is 5.84. The van der Waals surface area contributed by atoms with Crippen LogP contribution in [-0.2, 0) is 13.2 Å². The SMILES string of the molecule is CC[C@H](C)NCc1cc(Cl)cc(Cl)c1OCc1ccc(C)cc1. The standard InChI is InChI=1S/C19H23Cl2NO/c1-4-14(3)22-11-16-9-17(20)10-18(21)19(16)23-12-15-7-5-13(2)6-8-15/h5-10,14,22H,4,11-12H2,1-3H3/t14-/m0/s1. The van der Waals surface area contributed by atoms with E-state index in [0.717, 1.165) is 17.5 Å². The zero-order valence-corrected chi connectivity index (χ0v) is 15.3. The van der Waals surface area contributed by atoms with Crippen LogP contribution in [0, 0.1) is 6.92 Å². The Hall–Kier alpha value is -1.22. The first-order valence-electron chi connectivity index (χ1n) is 7.89. The summed E-state index contributed by atoms with van der Waals surface area (Å²) in [5, 5.41) is 4.62. The van der Waals surface area contributed by atoms with E-state index in [2.05, 4.69) is 50.4 Å². The predicted octanol–water partition coefficient (Wildman–Crippen LogP) is 5.77. The lowest BCUT2D eigenvalue weighted by atomic mass is 10.1. The minimum absolute atomic E-state index is 0.428. The van der Waals surface area contributed by atoms with Crippen LogP contribution in [0.5, 0.6) is 5.75 Å². The van der Waals surface area contributed by atoms with Gasteiger partial charge in [-0.15, -0.1) is 0 Å². The van der Waals surface area contributed by atoms with Crippen molar-refractivity contribution < 1.29 is 4.74 Å². The molecule has 1 atom stereocenters. The van der Waals surface area contributed by atoms with Gasteiger partial charge in [0.1, 0.15) is 12.4 Å². The molecule has 1 N–H and O–H groups in total. The fraction of sp³-hybridized carbons (Fsp3) is 0.368. The van der Waals surface area contributed by atoms with Gasteiger partial charge in [0.25, 0.3) is 0 Å². The van der Waals surface area contributed by atoms with Crippen LogP contribution >= 0.6 is 23.2 Å². The Bertz CT molecular complexity index is 641. The van der Waals surface area contributed by atoms with E-state index in [9.17, 15) is 0 Å². The van der Waals surface area contributed by atoms with E-state index >= 15 is 0 Å². The maximum absolute atomic E-state index is 6.34. The minimum Gasteiger partial charge on any atom is -0.487 e. The summed E-state index contributed by atoms with van der Waals surface area (Å²) in [4.78, 5) is 0. The fourth-order valence-corrected chi connectivity index (χ4v) is 2.77. The van der Waals surface area contributed by atoms with Gasteiger partial charge in [0.15, 0.2) is 0 Å². The number of aryl methyl sites for hydroxylation is 1. The van der Waals surface area contributed by atoms with Gasteiger partial charge in [0.05, 0.1) is 5.02 Å². The molecule has 2 rings (SSSR count). The average Bonchev–Trinajstić information content (AvgIpc) is 2.53. The molecule has 4 heteroatoms. The Morgan fingerprint density at radius 2 is 1.83 bits per heavy atom. The number of rotatable bonds is 7. The van der Waals surface area contributed by atoms with E-state index in [4.69, 9.17) is 27.9 Å². The van der Waals surface area contributed by atoms with Crippen molar-refractivity contribution in [3.05, 3.63) is 63.1 Å². The predicted molar refractivity (Wildman–Crippen MR) is 98.6 cm³/mol. The summed E-state index contributed by atoms with van der Waals surface area (Å²) in [6, 6.07) is 12.3. The summed E-state index contributed by atoms with van der Waals surface area (Å²) in [5.74, 6) is 0.701. The van der Waals surface area contributed by atoms with Gasteiger partial charge >= 0.3 is 0 Å². The van der Waals surface area contributed by atoms with Crippen LogP contribution in [0.2, 0.25) is 10.0 Å². The van der Waals surface area contributed by atoms with Crippen molar-refractivity contribution in [2.45, 2.75) is 46.4 Å². The number of nitrogens with one attached hydrogen (secondary N) is 1. The van der Waals surface area contributed by atoms with Gasteiger partial charge in [-0.25, -0.2) is 0 Å². The fourth-order valence-electron chi connectivity index (χ4n) is 2.17. The molecule has 0 bridgehead atoms. The summed E-state index contributed by atoms with van der Waals surface area (Å²) in [6.45, 7) is 7.53. The minimum atomic E-state index is 0.428. The van der Waals surface area contributed by atoms with Crippen molar-refractivity contribution in [3.8, 4) is 5.75 Å². The van der Waals surface area contributed by atoms with Gasteiger partial charge in [-0.1, -0.05) is 60.0 Å². The zero-order valence-electron chi connectivity index (χ0n) is 13.8. The molecule has 0 fully saturated rings. The summed E-state index contributed by atoms with van der Waals surface area (Å²) >= 11 is 12.5. The lowest BCUT2D eigenvalue weighted by Crippen LogP contribution is -2.24. The molecular weight excluding hydrogens is 329 g/mol. The lowest BCUT2D eigenvalue weighted by Gasteiger charge is -2.17. The number of halogens is 2. The van der Waals surface area contributed by atoms with E-state index < -0.39 is 0 Å². The van der Waals surface area contributed by atoms with Crippen molar-refractivity contribution in [3.63, 3.8) is 0 Å². The van der Waals surface area contributed by atoms with Gasteiger partial charge in [-0.2, -0.15) is 0 Å². The maximum atomic E-state index is 6.34. The summed E-state index contributed by atoms with van der Waals surface area (Å²) < 4.78 is 5.98. The Morgan fingerprint density at radius 3 is 2.48 bits per heavy atom. The van der Waals surface area contributed by atoms with Crippen molar-refractivity contribution in [2.24, 2.45) is 0 Å². The van der Waals surface area contributed by atoms with Crippen LogP contribution in [0.15, 0.2) is 36.4 Å². The molecule has 23 heavy (non-hydrogen) atoms. The zero-order chi connectivity index (χ0) is 16.8. The number of hydrogen-bond donors (Lipinski definition) is 1. The third-order valence-electron chi connectivity index (χ3n) is 3.84. The highest BCUT2D eigenvalue weighted by Crippen LogP contribution is 2.33. The molecule has 124 valence electrons. The first kappa shape index (κ1) is 18.1. The molecule has 0 amide bonds. The average molecular weight is 352 g/mol. The summed E-state index contributed by atoms with van der Waals surface area (Å²) in [5.41, 5.74) is 3.33. The molecule has 2 aromatic carbocycles.